The lowest BCUT2D eigenvalue weighted by atomic mass is 10.1. The molecule has 0 fully saturated rings. The number of anilines is 1. The van der Waals surface area contributed by atoms with Crippen LogP contribution in [0.15, 0.2) is 77.7 Å². The summed E-state index contributed by atoms with van der Waals surface area (Å²) < 4.78 is 28.7. The van der Waals surface area contributed by atoms with E-state index in [4.69, 9.17) is 11.6 Å². The zero-order valence-corrected chi connectivity index (χ0v) is 23.7. The lowest BCUT2D eigenvalue weighted by Gasteiger charge is -2.33. The Kier molecular flexibility index (Phi) is 9.94. The topological polar surface area (TPSA) is 86.8 Å². The van der Waals surface area contributed by atoms with Crippen LogP contribution >= 0.6 is 11.6 Å². The number of nitrogens with zero attached hydrogens (tertiary/aromatic N) is 2. The summed E-state index contributed by atoms with van der Waals surface area (Å²) in [5, 5.41) is 3.21. The first-order valence-electron chi connectivity index (χ1n) is 12.5. The molecular formula is C29H34ClN3O4S. The molecule has 1 N–H and O–H groups in total. The van der Waals surface area contributed by atoms with E-state index in [0.29, 0.717) is 23.7 Å². The van der Waals surface area contributed by atoms with Crippen molar-refractivity contribution in [3.63, 3.8) is 0 Å². The lowest BCUT2D eigenvalue weighted by Crippen LogP contribution is -2.52. The molecule has 2 amide bonds. The standard InChI is InChI=1S/C29H34ClN3O4S/c1-5-27(29(35)31-6-2)32(19-23-9-7-8-22(4)18-23)28(34)20-33(25-14-10-21(3)11-15-25)38(36,37)26-16-12-24(30)13-17-26/h7-18,27H,5-6,19-20H2,1-4H3,(H,31,35)/t27-/m0/s1. The second-order valence-corrected chi connectivity index (χ2v) is 11.4. The number of nitrogens with one attached hydrogen (secondary N) is 1. The number of carbonyl (C=O) groups is 2. The molecule has 0 aliphatic heterocycles. The van der Waals surface area contributed by atoms with Gasteiger partial charge in [0.15, 0.2) is 0 Å². The van der Waals surface area contributed by atoms with E-state index in [2.05, 4.69) is 5.32 Å². The molecule has 7 nitrogen and oxygen atoms in total. The van der Waals surface area contributed by atoms with Crippen molar-refractivity contribution in [2.24, 2.45) is 0 Å². The third-order valence-corrected chi connectivity index (χ3v) is 8.21. The van der Waals surface area contributed by atoms with Crippen molar-refractivity contribution in [2.45, 2.75) is 51.6 Å². The zero-order valence-electron chi connectivity index (χ0n) is 22.1. The monoisotopic (exact) mass is 555 g/mol. The van der Waals surface area contributed by atoms with Crippen molar-refractivity contribution in [1.82, 2.24) is 10.2 Å². The number of sulfonamides is 1. The third-order valence-electron chi connectivity index (χ3n) is 6.17. The van der Waals surface area contributed by atoms with Gasteiger partial charge in [-0.25, -0.2) is 8.42 Å². The fourth-order valence-electron chi connectivity index (χ4n) is 4.19. The fraction of sp³-hybridized carbons (Fsp3) is 0.310. The van der Waals surface area contributed by atoms with Crippen LogP contribution in [0.1, 0.15) is 37.0 Å². The molecule has 0 unspecified atom stereocenters. The highest BCUT2D eigenvalue weighted by Crippen LogP contribution is 2.26. The fourth-order valence-corrected chi connectivity index (χ4v) is 5.73. The molecule has 3 aromatic carbocycles. The second kappa shape index (κ2) is 12.9. The van der Waals surface area contributed by atoms with E-state index in [-0.39, 0.29) is 17.3 Å². The first kappa shape index (κ1) is 29.2. The quantitative estimate of drug-likeness (QED) is 0.357. The molecule has 9 heteroatoms. The summed E-state index contributed by atoms with van der Waals surface area (Å²) in [7, 11) is -4.13. The minimum Gasteiger partial charge on any atom is -0.355 e. The van der Waals surface area contributed by atoms with Gasteiger partial charge in [0.2, 0.25) is 11.8 Å². The van der Waals surface area contributed by atoms with Crippen LogP contribution in [-0.2, 0) is 26.2 Å². The van der Waals surface area contributed by atoms with Crippen molar-refractivity contribution in [2.75, 3.05) is 17.4 Å². The Morgan fingerprint density at radius 1 is 0.921 bits per heavy atom. The molecule has 38 heavy (non-hydrogen) atoms. The van der Waals surface area contributed by atoms with Crippen LogP contribution in [0.5, 0.6) is 0 Å². The maximum absolute atomic E-state index is 13.9. The lowest BCUT2D eigenvalue weighted by molar-refractivity contribution is -0.140. The van der Waals surface area contributed by atoms with Gasteiger partial charge in [-0.3, -0.25) is 13.9 Å². The summed E-state index contributed by atoms with van der Waals surface area (Å²) >= 11 is 5.99. The average molecular weight is 556 g/mol. The van der Waals surface area contributed by atoms with Crippen LogP contribution in [0.3, 0.4) is 0 Å². The molecule has 3 rings (SSSR count). The molecule has 202 valence electrons. The summed E-state index contributed by atoms with van der Waals surface area (Å²) in [5.74, 6) is -0.763. The molecule has 0 aliphatic carbocycles. The summed E-state index contributed by atoms with van der Waals surface area (Å²) in [6.45, 7) is 7.61. The van der Waals surface area contributed by atoms with E-state index >= 15 is 0 Å². The van der Waals surface area contributed by atoms with Crippen LogP contribution in [-0.4, -0.2) is 44.3 Å². The molecule has 0 spiro atoms. The minimum absolute atomic E-state index is 0.0104. The highest BCUT2D eigenvalue weighted by Gasteiger charge is 2.33. The number of hydrogen-bond donors (Lipinski definition) is 1. The van der Waals surface area contributed by atoms with Gasteiger partial charge in [0.05, 0.1) is 10.6 Å². The van der Waals surface area contributed by atoms with Gasteiger partial charge in [-0.15, -0.1) is 0 Å². The maximum Gasteiger partial charge on any atom is 0.264 e. The van der Waals surface area contributed by atoms with Crippen LogP contribution in [0.2, 0.25) is 5.02 Å². The predicted molar refractivity (Wildman–Crippen MR) is 152 cm³/mol. The highest BCUT2D eigenvalue weighted by atomic mass is 35.5. The Hall–Kier alpha value is -3.36. The van der Waals surface area contributed by atoms with Gasteiger partial charge < -0.3 is 10.2 Å². The Labute approximate surface area is 230 Å². The number of rotatable bonds is 11. The second-order valence-electron chi connectivity index (χ2n) is 9.13. The summed E-state index contributed by atoms with van der Waals surface area (Å²) in [5.41, 5.74) is 3.17. The summed E-state index contributed by atoms with van der Waals surface area (Å²) in [4.78, 5) is 28.4. The molecular weight excluding hydrogens is 522 g/mol. The van der Waals surface area contributed by atoms with Gasteiger partial charge in [0.25, 0.3) is 10.0 Å². The van der Waals surface area contributed by atoms with Gasteiger partial charge in [0.1, 0.15) is 12.6 Å². The molecule has 0 radical (unpaired) electrons. The Morgan fingerprint density at radius 3 is 2.16 bits per heavy atom. The predicted octanol–water partition coefficient (Wildman–Crippen LogP) is 5.10. The molecule has 0 aromatic heterocycles. The normalized spacial score (nSPS) is 12.0. The minimum atomic E-state index is -4.13. The van der Waals surface area contributed by atoms with Crippen molar-refractivity contribution in [1.29, 1.82) is 0 Å². The van der Waals surface area contributed by atoms with E-state index in [9.17, 15) is 18.0 Å². The summed E-state index contributed by atoms with van der Waals surface area (Å²) in [6, 6.07) is 19.7. The van der Waals surface area contributed by atoms with Crippen LogP contribution < -0.4 is 9.62 Å². The van der Waals surface area contributed by atoms with E-state index in [1.165, 1.54) is 29.2 Å². The third kappa shape index (κ3) is 7.14. The van der Waals surface area contributed by atoms with Gasteiger partial charge in [-0.1, -0.05) is 66.0 Å². The molecule has 0 aliphatic rings. The summed E-state index contributed by atoms with van der Waals surface area (Å²) in [6.07, 6.45) is 0.373. The number of carbonyl (C=O) groups excluding carboxylic acids is 2. The van der Waals surface area contributed by atoms with Crippen molar-refractivity contribution in [3.8, 4) is 0 Å². The van der Waals surface area contributed by atoms with Crippen LogP contribution in [0.4, 0.5) is 5.69 Å². The smallest absolute Gasteiger partial charge is 0.264 e. The number of halogens is 1. The molecule has 0 heterocycles. The van der Waals surface area contributed by atoms with E-state index in [0.717, 1.165) is 21.0 Å². The van der Waals surface area contributed by atoms with E-state index in [1.807, 2.05) is 52.0 Å². The van der Waals surface area contributed by atoms with Gasteiger partial charge >= 0.3 is 0 Å². The molecule has 3 aromatic rings. The van der Waals surface area contributed by atoms with Crippen LogP contribution in [0, 0.1) is 13.8 Å². The van der Waals surface area contributed by atoms with Gasteiger partial charge in [-0.05, 0) is 69.2 Å². The maximum atomic E-state index is 13.9. The van der Waals surface area contributed by atoms with Crippen molar-refractivity contribution < 1.29 is 18.0 Å². The Balaban J connectivity index is 2.05. The molecule has 0 saturated heterocycles. The SMILES string of the molecule is CCNC(=O)[C@H](CC)N(Cc1cccc(C)c1)C(=O)CN(c1ccc(C)cc1)S(=O)(=O)c1ccc(Cl)cc1. The van der Waals surface area contributed by atoms with Crippen molar-refractivity contribution >= 4 is 39.1 Å². The number of benzene rings is 3. The van der Waals surface area contributed by atoms with Gasteiger partial charge in [0, 0.05) is 18.1 Å². The van der Waals surface area contributed by atoms with E-state index in [1.54, 1.807) is 24.3 Å². The number of hydrogen-bond acceptors (Lipinski definition) is 4. The Morgan fingerprint density at radius 2 is 1.58 bits per heavy atom. The first-order chi connectivity index (χ1) is 18.1. The number of amides is 2. The highest BCUT2D eigenvalue weighted by molar-refractivity contribution is 7.92. The largest absolute Gasteiger partial charge is 0.355 e. The molecule has 0 saturated carbocycles. The van der Waals surface area contributed by atoms with Crippen molar-refractivity contribution in [3.05, 3.63) is 94.5 Å². The average Bonchev–Trinajstić information content (AvgIpc) is 2.88. The number of aryl methyl sites for hydroxylation is 2. The van der Waals surface area contributed by atoms with Gasteiger partial charge in [-0.2, -0.15) is 0 Å². The van der Waals surface area contributed by atoms with E-state index < -0.39 is 28.5 Å². The molecule has 1 atom stereocenters. The zero-order chi connectivity index (χ0) is 27.9. The first-order valence-corrected chi connectivity index (χ1v) is 14.4. The Bertz CT molecular complexity index is 1360. The number of likely N-dealkylation sites (N-methyl/N-ethyl adjacent to an activating group) is 1. The van der Waals surface area contributed by atoms with Crippen LogP contribution in [0.25, 0.3) is 0 Å². The molecule has 0 bridgehead atoms.